The third-order valence-electron chi connectivity index (χ3n) is 3.96. The minimum absolute atomic E-state index is 0.209. The number of hydrogen-bond donors (Lipinski definition) is 3. The minimum Gasteiger partial charge on any atom is -0.392 e. The van der Waals surface area contributed by atoms with E-state index in [0.717, 1.165) is 0 Å². The summed E-state index contributed by atoms with van der Waals surface area (Å²) in [5.41, 5.74) is 2.55. The summed E-state index contributed by atoms with van der Waals surface area (Å²) in [6.07, 6.45) is 1.73. The molecule has 1 saturated heterocycles. The summed E-state index contributed by atoms with van der Waals surface area (Å²) in [6, 6.07) is 3.99. The lowest BCUT2D eigenvalue weighted by atomic mass is 10.0. The molecule has 0 radical (unpaired) electrons. The summed E-state index contributed by atoms with van der Waals surface area (Å²) >= 11 is 0. The molecule has 3 rings (SSSR count). The summed E-state index contributed by atoms with van der Waals surface area (Å²) in [5.74, 6) is -1.15. The Morgan fingerprint density at radius 1 is 1.26 bits per heavy atom. The summed E-state index contributed by atoms with van der Waals surface area (Å²) in [4.78, 5) is 12.0. The number of nitrogens with one attached hydrogen (secondary N) is 2. The Hall–Kier alpha value is -1.64. The number of fused-ring (bicyclic) bond motifs is 1. The minimum atomic E-state index is -4.23. The number of hydrogen-bond acceptors (Lipinski definition) is 5. The van der Waals surface area contributed by atoms with Crippen LogP contribution in [-0.4, -0.2) is 37.6 Å². The molecule has 8 heteroatoms. The SMILES string of the molecule is [2H]C1([2H])C2CCCC2C([2H])([2H])N1NC(=O)NS(=O)(=O)c1ccc(CO)cc1. The maximum absolute atomic E-state index is 12.3. The highest BCUT2D eigenvalue weighted by Crippen LogP contribution is 2.36. The van der Waals surface area contributed by atoms with E-state index in [0.29, 0.717) is 29.8 Å². The highest BCUT2D eigenvalue weighted by atomic mass is 32.2. The van der Waals surface area contributed by atoms with Crippen molar-refractivity contribution >= 4 is 16.1 Å². The maximum atomic E-state index is 12.3. The molecular weight excluding hydrogens is 318 g/mol. The van der Waals surface area contributed by atoms with E-state index in [-0.39, 0.29) is 11.5 Å². The molecule has 2 atom stereocenters. The molecule has 2 fully saturated rings. The first-order valence-electron chi connectivity index (χ1n) is 9.33. The van der Waals surface area contributed by atoms with Gasteiger partial charge in [-0.1, -0.05) is 18.6 Å². The molecule has 2 unspecified atom stereocenters. The van der Waals surface area contributed by atoms with Gasteiger partial charge in [0.2, 0.25) is 0 Å². The fourth-order valence-corrected chi connectivity index (χ4v) is 3.68. The third kappa shape index (κ3) is 3.65. The quantitative estimate of drug-likeness (QED) is 0.751. The van der Waals surface area contributed by atoms with Crippen LogP contribution in [0.25, 0.3) is 0 Å². The highest BCUT2D eigenvalue weighted by molar-refractivity contribution is 7.90. The van der Waals surface area contributed by atoms with Crippen molar-refractivity contribution in [3.63, 3.8) is 0 Å². The zero-order valence-electron chi connectivity index (χ0n) is 16.3. The number of benzene rings is 1. The predicted octanol–water partition coefficient (Wildman–Crippen LogP) is 0.814. The zero-order chi connectivity index (χ0) is 20.0. The van der Waals surface area contributed by atoms with Gasteiger partial charge in [0.15, 0.2) is 0 Å². The van der Waals surface area contributed by atoms with Crippen molar-refractivity contribution in [2.75, 3.05) is 13.0 Å². The number of carbonyl (C=O) groups excluding carboxylic acids is 1. The van der Waals surface area contributed by atoms with Gasteiger partial charge < -0.3 is 5.11 Å². The Balaban J connectivity index is 1.75. The van der Waals surface area contributed by atoms with Crippen molar-refractivity contribution in [1.29, 1.82) is 0 Å². The lowest BCUT2D eigenvalue weighted by Gasteiger charge is -2.18. The largest absolute Gasteiger partial charge is 0.392 e. The molecule has 23 heavy (non-hydrogen) atoms. The number of sulfonamides is 1. The van der Waals surface area contributed by atoms with E-state index >= 15 is 0 Å². The average molecular weight is 343 g/mol. The van der Waals surface area contributed by atoms with E-state index in [2.05, 4.69) is 5.43 Å². The molecule has 1 aliphatic carbocycles. The molecule has 1 heterocycles. The molecule has 3 N–H and O–H groups in total. The second-order valence-electron chi connectivity index (χ2n) is 5.59. The van der Waals surface area contributed by atoms with Gasteiger partial charge in [-0.25, -0.2) is 22.9 Å². The van der Waals surface area contributed by atoms with Crippen LogP contribution in [0, 0.1) is 11.8 Å². The monoisotopic (exact) mass is 343 g/mol. The molecule has 0 bridgehead atoms. The normalized spacial score (nSPS) is 31.3. The van der Waals surface area contributed by atoms with Gasteiger partial charge in [0.05, 0.1) is 11.5 Å². The first-order valence-corrected chi connectivity index (χ1v) is 8.82. The molecule has 2 amide bonds. The van der Waals surface area contributed by atoms with Gasteiger partial charge in [-0.05, 0) is 42.4 Å². The second-order valence-corrected chi connectivity index (χ2v) is 7.27. The van der Waals surface area contributed by atoms with E-state index < -0.39 is 40.9 Å². The molecule has 1 aliphatic heterocycles. The van der Waals surface area contributed by atoms with Gasteiger partial charge >= 0.3 is 6.03 Å². The lowest BCUT2D eigenvalue weighted by Crippen LogP contribution is -2.48. The van der Waals surface area contributed by atoms with Gasteiger partial charge in [-0.3, -0.25) is 5.43 Å². The zero-order valence-corrected chi connectivity index (χ0v) is 13.1. The summed E-state index contributed by atoms with van der Waals surface area (Å²) < 4.78 is 59.1. The number of hydrazine groups is 1. The highest BCUT2D eigenvalue weighted by Gasteiger charge is 2.36. The van der Waals surface area contributed by atoms with Gasteiger partial charge in [0, 0.05) is 18.5 Å². The van der Waals surface area contributed by atoms with Gasteiger partial charge in [-0.15, -0.1) is 0 Å². The van der Waals surface area contributed by atoms with Gasteiger partial charge in [0.25, 0.3) is 10.0 Å². The van der Waals surface area contributed by atoms with Crippen molar-refractivity contribution in [1.82, 2.24) is 15.2 Å². The molecule has 1 saturated carbocycles. The summed E-state index contributed by atoms with van der Waals surface area (Å²) in [6.45, 7) is -4.52. The number of aliphatic hydroxyl groups is 1. The van der Waals surface area contributed by atoms with Crippen LogP contribution in [0.15, 0.2) is 29.2 Å². The fourth-order valence-electron chi connectivity index (χ4n) is 2.78. The standard InChI is InChI=1S/C15H21N3O4S/c19-10-11-4-6-14(7-5-11)23(21,22)17-15(20)16-18-8-12-2-1-3-13(12)9-18/h4-7,12-13,19H,1-3,8-10H2,(H2,16,17,20)/i8D2,9D2. The van der Waals surface area contributed by atoms with Crippen molar-refractivity contribution in [2.24, 2.45) is 11.8 Å². The topological polar surface area (TPSA) is 98.7 Å². The Kier molecular flexibility index (Phi) is 3.32. The third-order valence-corrected chi connectivity index (χ3v) is 5.31. The number of amides is 2. The lowest BCUT2D eigenvalue weighted by molar-refractivity contribution is 0.195. The van der Waals surface area contributed by atoms with Crippen molar-refractivity contribution in [3.05, 3.63) is 29.8 Å². The Bertz CT molecular complexity index is 810. The van der Waals surface area contributed by atoms with Crippen LogP contribution in [-0.2, 0) is 16.6 Å². The van der Waals surface area contributed by atoms with Crippen LogP contribution in [0.4, 0.5) is 4.79 Å². The van der Waals surface area contributed by atoms with Gasteiger partial charge in [0.1, 0.15) is 0 Å². The molecule has 1 aromatic rings. The van der Waals surface area contributed by atoms with Gasteiger partial charge in [-0.2, -0.15) is 0 Å². The Morgan fingerprint density at radius 2 is 1.87 bits per heavy atom. The number of urea groups is 1. The smallest absolute Gasteiger partial charge is 0.343 e. The number of aliphatic hydroxyl groups excluding tert-OH is 1. The molecule has 7 nitrogen and oxygen atoms in total. The maximum Gasteiger partial charge on any atom is 0.343 e. The molecule has 0 aromatic heterocycles. The van der Waals surface area contributed by atoms with Crippen molar-refractivity contribution < 1.29 is 23.8 Å². The van der Waals surface area contributed by atoms with Crippen LogP contribution in [0.2, 0.25) is 0 Å². The number of rotatable bonds is 4. The van der Waals surface area contributed by atoms with E-state index in [1.54, 1.807) is 4.72 Å². The first-order chi connectivity index (χ1) is 12.5. The van der Waals surface area contributed by atoms with Crippen LogP contribution >= 0.6 is 0 Å². The molecule has 0 spiro atoms. The molecular formula is C15H21N3O4S. The second kappa shape index (κ2) is 6.46. The average Bonchev–Trinajstić information content (AvgIpc) is 3.14. The van der Waals surface area contributed by atoms with Crippen LogP contribution < -0.4 is 10.1 Å². The fraction of sp³-hybridized carbons (Fsp3) is 0.533. The van der Waals surface area contributed by atoms with E-state index in [1.165, 1.54) is 24.3 Å². The van der Waals surface area contributed by atoms with Crippen LogP contribution in [0.3, 0.4) is 0 Å². The number of carbonyl (C=O) groups is 1. The van der Waals surface area contributed by atoms with Crippen molar-refractivity contribution in [2.45, 2.75) is 30.8 Å². The van der Waals surface area contributed by atoms with Crippen molar-refractivity contribution in [3.8, 4) is 0 Å². The van der Waals surface area contributed by atoms with Crippen LogP contribution in [0.1, 0.15) is 30.3 Å². The van der Waals surface area contributed by atoms with E-state index in [9.17, 15) is 13.2 Å². The summed E-state index contributed by atoms with van der Waals surface area (Å²) in [5, 5.41) is 9.59. The summed E-state index contributed by atoms with van der Waals surface area (Å²) in [7, 11) is -4.23. The first kappa shape index (κ1) is 11.8. The molecule has 2 aliphatic rings. The van der Waals surface area contributed by atoms with E-state index in [1.807, 2.05) is 0 Å². The van der Waals surface area contributed by atoms with E-state index in [4.69, 9.17) is 10.6 Å². The predicted molar refractivity (Wildman–Crippen MR) is 83.6 cm³/mol. The number of nitrogens with zero attached hydrogens (tertiary/aromatic N) is 1. The Morgan fingerprint density at radius 3 is 2.43 bits per heavy atom. The van der Waals surface area contributed by atoms with Crippen LogP contribution in [0.5, 0.6) is 0 Å². The molecule has 1 aromatic carbocycles. The Labute approximate surface area is 141 Å². The molecule has 126 valence electrons.